The Bertz CT molecular complexity index is 318. The Kier molecular flexibility index (Phi) is 4.74. The maximum atomic E-state index is 11.3. The van der Waals surface area contributed by atoms with Crippen LogP contribution in [0.3, 0.4) is 0 Å². The zero-order chi connectivity index (χ0) is 12.8. The number of hydroxylamine groups is 4. The van der Waals surface area contributed by atoms with Gasteiger partial charge in [-0.3, -0.25) is 9.59 Å². The Morgan fingerprint density at radius 3 is 2.71 bits per heavy atom. The molecule has 0 aromatic heterocycles. The molecule has 0 radical (unpaired) electrons. The molecule has 0 spiro atoms. The summed E-state index contributed by atoms with van der Waals surface area (Å²) in [5.74, 6) is -0.582. The smallest absolute Gasteiger partial charge is 0.302 e. The van der Waals surface area contributed by atoms with Gasteiger partial charge < -0.3 is 9.68 Å². The van der Waals surface area contributed by atoms with Crippen LogP contribution in [-0.2, 0) is 19.3 Å². The van der Waals surface area contributed by atoms with Crippen molar-refractivity contribution in [2.75, 3.05) is 13.6 Å². The summed E-state index contributed by atoms with van der Waals surface area (Å²) in [6, 6.07) is 0. The summed E-state index contributed by atoms with van der Waals surface area (Å²) in [4.78, 5) is 42.9. The van der Waals surface area contributed by atoms with Gasteiger partial charge in [0, 0.05) is 19.9 Å². The van der Waals surface area contributed by atoms with Crippen molar-refractivity contribution >= 4 is 18.0 Å². The molecule has 0 aliphatic carbocycles. The summed E-state index contributed by atoms with van der Waals surface area (Å²) in [5.41, 5.74) is 0. The molecule has 96 valence electrons. The zero-order valence-electron chi connectivity index (χ0n) is 9.97. The van der Waals surface area contributed by atoms with Crippen LogP contribution in [0.2, 0.25) is 0 Å². The third-order valence-electron chi connectivity index (χ3n) is 2.24. The highest BCUT2D eigenvalue weighted by molar-refractivity contribution is 5.79. The molecule has 2 amide bonds. The first-order valence-corrected chi connectivity index (χ1v) is 5.51. The van der Waals surface area contributed by atoms with Crippen LogP contribution in [0.15, 0.2) is 0 Å². The second kappa shape index (κ2) is 6.07. The van der Waals surface area contributed by atoms with Crippen LogP contribution in [-0.4, -0.2) is 41.7 Å². The van der Waals surface area contributed by atoms with Crippen LogP contribution in [0.5, 0.6) is 0 Å². The molecule has 1 rings (SSSR count). The van der Waals surface area contributed by atoms with Crippen LogP contribution in [0.4, 0.5) is 4.79 Å². The average molecular weight is 244 g/mol. The molecule has 0 bridgehead atoms. The van der Waals surface area contributed by atoms with Crippen molar-refractivity contribution in [3.8, 4) is 0 Å². The topological polar surface area (TPSA) is 76.2 Å². The fourth-order valence-electron chi connectivity index (χ4n) is 1.36. The second-order valence-electron chi connectivity index (χ2n) is 3.67. The first-order valence-electron chi connectivity index (χ1n) is 5.51. The molecule has 0 saturated carbocycles. The molecule has 7 heteroatoms. The third-order valence-corrected chi connectivity index (χ3v) is 2.24. The molecule has 0 atom stereocenters. The van der Waals surface area contributed by atoms with E-state index in [1.54, 1.807) is 0 Å². The fourth-order valence-corrected chi connectivity index (χ4v) is 1.36. The van der Waals surface area contributed by atoms with Gasteiger partial charge in [0.25, 0.3) is 11.8 Å². The van der Waals surface area contributed by atoms with Crippen LogP contribution < -0.4 is 0 Å². The van der Waals surface area contributed by atoms with Gasteiger partial charge in [-0.2, -0.15) is 14.9 Å². The van der Waals surface area contributed by atoms with E-state index in [4.69, 9.17) is 0 Å². The summed E-state index contributed by atoms with van der Waals surface area (Å²) in [6.07, 6.45) is 0.875. The van der Waals surface area contributed by atoms with Crippen LogP contribution >= 0.6 is 0 Å². The molecular weight excluding hydrogens is 228 g/mol. The number of carbonyl (C=O) groups excluding carboxylic acids is 3. The number of carbonyl (C=O) groups is 3. The van der Waals surface area contributed by atoms with Gasteiger partial charge in [0.2, 0.25) is 0 Å². The highest BCUT2D eigenvalue weighted by Crippen LogP contribution is 2.10. The van der Waals surface area contributed by atoms with E-state index in [2.05, 4.69) is 9.68 Å². The van der Waals surface area contributed by atoms with Crippen molar-refractivity contribution in [2.45, 2.75) is 32.6 Å². The fraction of sp³-hybridized carbons (Fsp3) is 0.700. The summed E-state index contributed by atoms with van der Waals surface area (Å²) >= 11 is 0. The number of amides is 2. The number of hydrogen-bond donors (Lipinski definition) is 0. The van der Waals surface area contributed by atoms with Gasteiger partial charge in [-0.05, 0) is 12.8 Å². The van der Waals surface area contributed by atoms with Crippen molar-refractivity contribution < 1.29 is 24.1 Å². The lowest BCUT2D eigenvalue weighted by Gasteiger charge is -2.18. The minimum absolute atomic E-state index is 0.260. The number of hydrogen-bond acceptors (Lipinski definition) is 5. The first kappa shape index (κ1) is 13.3. The monoisotopic (exact) mass is 244 g/mol. The Morgan fingerprint density at radius 2 is 2.18 bits per heavy atom. The van der Waals surface area contributed by atoms with Crippen LogP contribution in [0.1, 0.15) is 32.6 Å². The average Bonchev–Trinajstić information content (AvgIpc) is 2.64. The largest absolute Gasteiger partial charge is 0.559 e. The van der Waals surface area contributed by atoms with Gasteiger partial charge >= 0.3 is 6.16 Å². The highest BCUT2D eigenvalue weighted by atomic mass is 16.9. The molecular formula is C10H16N2O5. The minimum Gasteiger partial charge on any atom is -0.302 e. The van der Waals surface area contributed by atoms with Crippen molar-refractivity contribution in [2.24, 2.45) is 0 Å². The predicted molar refractivity (Wildman–Crippen MR) is 56.2 cm³/mol. The van der Waals surface area contributed by atoms with Gasteiger partial charge in [-0.1, -0.05) is 6.92 Å². The quantitative estimate of drug-likeness (QED) is 0.688. The van der Waals surface area contributed by atoms with Gasteiger partial charge in [-0.25, -0.2) is 0 Å². The van der Waals surface area contributed by atoms with E-state index in [1.165, 1.54) is 7.05 Å². The normalized spacial score (nSPS) is 14.7. The van der Waals surface area contributed by atoms with Crippen LogP contribution in [0, 0.1) is 0 Å². The molecule has 0 aromatic rings. The van der Waals surface area contributed by atoms with Crippen LogP contribution in [0.25, 0.3) is 0 Å². The standard InChI is InChI=1S/C10H16N2O5/c1-3-5-8(13)11(2)16-10(15)17-12-7-4-6-9(12)14/h3-7H2,1-2H3. The Labute approximate surface area is 99.2 Å². The molecule has 1 fully saturated rings. The predicted octanol–water partition coefficient (Wildman–Crippen LogP) is 0.851. The summed E-state index contributed by atoms with van der Waals surface area (Å²) < 4.78 is 0. The number of rotatable bonds is 3. The molecule has 1 saturated heterocycles. The van der Waals surface area contributed by atoms with E-state index in [-0.39, 0.29) is 18.2 Å². The minimum atomic E-state index is -1.08. The number of nitrogens with zero attached hydrogens (tertiary/aromatic N) is 2. The first-order chi connectivity index (χ1) is 8.04. The molecule has 1 aliphatic heterocycles. The van der Waals surface area contributed by atoms with Gasteiger partial charge in [0.05, 0.1) is 6.54 Å². The second-order valence-corrected chi connectivity index (χ2v) is 3.67. The molecule has 1 aliphatic rings. The van der Waals surface area contributed by atoms with Crippen molar-refractivity contribution in [3.63, 3.8) is 0 Å². The van der Waals surface area contributed by atoms with E-state index in [1.807, 2.05) is 6.92 Å². The maximum Gasteiger partial charge on any atom is 0.559 e. The lowest BCUT2D eigenvalue weighted by Crippen LogP contribution is -2.34. The summed E-state index contributed by atoms with van der Waals surface area (Å²) in [5, 5.41) is 1.76. The molecule has 0 N–H and O–H groups in total. The lowest BCUT2D eigenvalue weighted by molar-refractivity contribution is -0.191. The van der Waals surface area contributed by atoms with E-state index >= 15 is 0 Å². The maximum absolute atomic E-state index is 11.3. The molecule has 0 aromatic carbocycles. The SMILES string of the molecule is CCCC(=O)N(C)OC(=O)ON1CCCC1=O. The molecule has 7 nitrogen and oxygen atoms in total. The Hall–Kier alpha value is -1.79. The Morgan fingerprint density at radius 1 is 1.47 bits per heavy atom. The van der Waals surface area contributed by atoms with Gasteiger partial charge in [0.15, 0.2) is 0 Å². The molecule has 0 unspecified atom stereocenters. The van der Waals surface area contributed by atoms with E-state index in [0.717, 1.165) is 10.1 Å². The van der Waals surface area contributed by atoms with E-state index in [0.29, 0.717) is 25.8 Å². The molecule has 1 heterocycles. The van der Waals surface area contributed by atoms with Crippen molar-refractivity contribution in [1.82, 2.24) is 10.1 Å². The van der Waals surface area contributed by atoms with Crippen molar-refractivity contribution in [3.05, 3.63) is 0 Å². The van der Waals surface area contributed by atoms with Gasteiger partial charge in [0.1, 0.15) is 0 Å². The zero-order valence-corrected chi connectivity index (χ0v) is 9.97. The lowest BCUT2D eigenvalue weighted by atomic mass is 10.3. The summed E-state index contributed by atoms with van der Waals surface area (Å²) in [7, 11) is 1.32. The van der Waals surface area contributed by atoms with E-state index < -0.39 is 6.16 Å². The van der Waals surface area contributed by atoms with E-state index in [9.17, 15) is 14.4 Å². The summed E-state index contributed by atoms with van der Waals surface area (Å²) in [6.45, 7) is 2.20. The molecule has 17 heavy (non-hydrogen) atoms. The van der Waals surface area contributed by atoms with Crippen molar-refractivity contribution in [1.29, 1.82) is 0 Å². The Balaban J connectivity index is 2.33. The highest BCUT2D eigenvalue weighted by Gasteiger charge is 2.26. The third kappa shape index (κ3) is 3.93. The van der Waals surface area contributed by atoms with Gasteiger partial charge in [-0.15, -0.1) is 0 Å².